The van der Waals surface area contributed by atoms with Gasteiger partial charge in [-0.2, -0.15) is 0 Å². The molecule has 0 aliphatic heterocycles. The van der Waals surface area contributed by atoms with Crippen molar-refractivity contribution in [2.45, 2.75) is 0 Å². The van der Waals surface area contributed by atoms with Gasteiger partial charge in [0.1, 0.15) is 11.6 Å². The van der Waals surface area contributed by atoms with E-state index < -0.39 is 11.6 Å². The van der Waals surface area contributed by atoms with Gasteiger partial charge in [0.25, 0.3) is 5.56 Å². The number of nitrogen functional groups attached to an aromatic ring is 2. The van der Waals surface area contributed by atoms with Crippen molar-refractivity contribution in [3.05, 3.63) is 70.6 Å². The number of nitrogens with two attached hydrogens (primary N) is 2. The number of benzene rings is 2. The predicted octanol–water partition coefficient (Wildman–Crippen LogP) is 3.29. The second-order valence-corrected chi connectivity index (χ2v) is 5.53. The molecule has 0 radical (unpaired) electrons. The number of pyridine rings is 1. The van der Waals surface area contributed by atoms with E-state index >= 15 is 0 Å². The number of aryl methyl sites for hydroxylation is 1. The average molecular weight is 343 g/mol. The van der Waals surface area contributed by atoms with Gasteiger partial charge in [-0.25, -0.2) is 8.78 Å². The molecule has 0 atom stereocenters. The minimum atomic E-state index is -0.831. The number of hydrogen-bond acceptors (Lipinski definition) is 4. The van der Waals surface area contributed by atoms with Crippen molar-refractivity contribution < 1.29 is 13.5 Å². The Morgan fingerprint density at radius 3 is 2.40 bits per heavy atom. The number of aromatic nitrogens is 1. The van der Waals surface area contributed by atoms with Crippen LogP contribution < -0.4 is 21.8 Å². The SMILES string of the molecule is Cn1cc(-c2cc(N)ccc2Oc2ccc(F)cc2F)cc(N)c1=O. The summed E-state index contributed by atoms with van der Waals surface area (Å²) in [6.45, 7) is 0. The molecule has 0 bridgehead atoms. The summed E-state index contributed by atoms with van der Waals surface area (Å²) in [5.74, 6) is -1.38. The number of nitrogens with zero attached hydrogens (tertiary/aromatic N) is 1. The fraction of sp³-hybridized carbons (Fsp3) is 0.0556. The third-order valence-corrected chi connectivity index (χ3v) is 3.64. The summed E-state index contributed by atoms with van der Waals surface area (Å²) < 4.78 is 33.8. The van der Waals surface area contributed by atoms with Gasteiger partial charge in [0.2, 0.25) is 0 Å². The van der Waals surface area contributed by atoms with Gasteiger partial charge in [-0.05, 0) is 36.4 Å². The van der Waals surface area contributed by atoms with E-state index in [0.29, 0.717) is 16.8 Å². The number of halogens is 2. The highest BCUT2D eigenvalue weighted by Crippen LogP contribution is 2.36. The average Bonchev–Trinajstić information content (AvgIpc) is 2.56. The van der Waals surface area contributed by atoms with Crippen molar-refractivity contribution in [1.29, 1.82) is 0 Å². The molecule has 1 heterocycles. The van der Waals surface area contributed by atoms with E-state index in [1.54, 1.807) is 31.4 Å². The zero-order valence-electron chi connectivity index (χ0n) is 13.3. The van der Waals surface area contributed by atoms with E-state index in [-0.39, 0.29) is 22.7 Å². The van der Waals surface area contributed by atoms with Crippen molar-refractivity contribution in [3.8, 4) is 22.6 Å². The lowest BCUT2D eigenvalue weighted by Gasteiger charge is -2.14. The molecule has 0 saturated heterocycles. The minimum Gasteiger partial charge on any atom is -0.454 e. The van der Waals surface area contributed by atoms with Crippen LogP contribution in [0.5, 0.6) is 11.5 Å². The Bertz CT molecular complexity index is 989. The molecule has 0 spiro atoms. The zero-order valence-corrected chi connectivity index (χ0v) is 13.3. The molecule has 0 aliphatic rings. The molecule has 128 valence electrons. The third-order valence-electron chi connectivity index (χ3n) is 3.64. The zero-order chi connectivity index (χ0) is 18.1. The minimum absolute atomic E-state index is 0.0568. The Kier molecular flexibility index (Phi) is 4.14. The first-order valence-electron chi connectivity index (χ1n) is 7.34. The molecular weight excluding hydrogens is 328 g/mol. The fourth-order valence-electron chi connectivity index (χ4n) is 2.42. The van der Waals surface area contributed by atoms with Gasteiger partial charge in [-0.15, -0.1) is 0 Å². The van der Waals surface area contributed by atoms with Crippen LogP contribution in [0.15, 0.2) is 53.5 Å². The van der Waals surface area contributed by atoms with E-state index in [2.05, 4.69) is 0 Å². The Labute approximate surface area is 142 Å². The highest BCUT2D eigenvalue weighted by molar-refractivity contribution is 5.75. The summed E-state index contributed by atoms with van der Waals surface area (Å²) in [7, 11) is 1.56. The van der Waals surface area contributed by atoms with E-state index in [1.807, 2.05) is 0 Å². The molecule has 25 heavy (non-hydrogen) atoms. The first-order chi connectivity index (χ1) is 11.8. The van der Waals surface area contributed by atoms with Crippen molar-refractivity contribution in [2.75, 3.05) is 11.5 Å². The highest BCUT2D eigenvalue weighted by atomic mass is 19.1. The van der Waals surface area contributed by atoms with Crippen molar-refractivity contribution in [1.82, 2.24) is 4.57 Å². The quantitative estimate of drug-likeness (QED) is 0.715. The molecular formula is C18H15F2N3O2. The van der Waals surface area contributed by atoms with Gasteiger partial charge >= 0.3 is 0 Å². The van der Waals surface area contributed by atoms with E-state index in [4.69, 9.17) is 16.2 Å². The van der Waals surface area contributed by atoms with Crippen LogP contribution in [0, 0.1) is 11.6 Å². The van der Waals surface area contributed by atoms with Crippen LogP contribution in [0.3, 0.4) is 0 Å². The maximum atomic E-state index is 13.9. The van der Waals surface area contributed by atoms with Crippen LogP contribution in [-0.4, -0.2) is 4.57 Å². The molecule has 0 saturated carbocycles. The molecule has 0 fully saturated rings. The molecule has 7 heteroatoms. The smallest absolute Gasteiger partial charge is 0.273 e. The van der Waals surface area contributed by atoms with E-state index in [0.717, 1.165) is 12.1 Å². The lowest BCUT2D eigenvalue weighted by molar-refractivity contribution is 0.439. The van der Waals surface area contributed by atoms with Crippen LogP contribution in [0.25, 0.3) is 11.1 Å². The Balaban J connectivity index is 2.12. The van der Waals surface area contributed by atoms with Crippen molar-refractivity contribution >= 4 is 11.4 Å². The predicted molar refractivity (Wildman–Crippen MR) is 92.4 cm³/mol. The van der Waals surface area contributed by atoms with Crippen LogP contribution >= 0.6 is 0 Å². The summed E-state index contributed by atoms with van der Waals surface area (Å²) in [5, 5.41) is 0. The highest BCUT2D eigenvalue weighted by Gasteiger charge is 2.13. The standard InChI is InChI=1S/C18H15F2N3O2/c1-23-9-10(6-15(22)18(23)24)13-8-12(21)3-5-16(13)25-17-4-2-11(19)7-14(17)20/h2-9H,21-22H2,1H3. The second kappa shape index (κ2) is 6.27. The number of hydrogen-bond donors (Lipinski definition) is 2. The van der Waals surface area contributed by atoms with Crippen molar-refractivity contribution in [2.24, 2.45) is 7.05 Å². The van der Waals surface area contributed by atoms with Crippen molar-refractivity contribution in [3.63, 3.8) is 0 Å². The summed E-state index contributed by atoms with van der Waals surface area (Å²) in [4.78, 5) is 11.8. The number of rotatable bonds is 3. The Morgan fingerprint density at radius 2 is 1.72 bits per heavy atom. The second-order valence-electron chi connectivity index (χ2n) is 5.53. The molecule has 0 amide bonds. The van der Waals surface area contributed by atoms with Gasteiger partial charge in [-0.1, -0.05) is 0 Å². The topological polar surface area (TPSA) is 83.3 Å². The van der Waals surface area contributed by atoms with Gasteiger partial charge < -0.3 is 20.8 Å². The van der Waals surface area contributed by atoms with Crippen LogP contribution in [0.1, 0.15) is 0 Å². The monoisotopic (exact) mass is 343 g/mol. The maximum Gasteiger partial charge on any atom is 0.273 e. The first kappa shape index (κ1) is 16.5. The summed E-state index contributed by atoms with van der Waals surface area (Å²) in [5.41, 5.74) is 12.8. The summed E-state index contributed by atoms with van der Waals surface area (Å²) >= 11 is 0. The van der Waals surface area contributed by atoms with Crippen LogP contribution in [0.2, 0.25) is 0 Å². The third kappa shape index (κ3) is 3.30. The molecule has 1 aromatic heterocycles. The maximum absolute atomic E-state index is 13.9. The van der Waals surface area contributed by atoms with E-state index in [1.165, 1.54) is 16.7 Å². The van der Waals surface area contributed by atoms with Gasteiger partial charge in [0.05, 0.1) is 5.69 Å². The molecule has 0 aliphatic carbocycles. The molecule has 0 unspecified atom stereocenters. The number of ether oxygens (including phenoxy) is 1. The van der Waals surface area contributed by atoms with Gasteiger partial charge in [0.15, 0.2) is 11.6 Å². The molecule has 2 aromatic carbocycles. The molecule has 4 N–H and O–H groups in total. The first-order valence-corrected chi connectivity index (χ1v) is 7.34. The summed E-state index contributed by atoms with van der Waals surface area (Å²) in [6.07, 6.45) is 1.57. The summed E-state index contributed by atoms with van der Waals surface area (Å²) in [6, 6.07) is 9.29. The van der Waals surface area contributed by atoms with Gasteiger partial charge in [-0.3, -0.25) is 4.79 Å². The lowest BCUT2D eigenvalue weighted by Crippen LogP contribution is -2.19. The largest absolute Gasteiger partial charge is 0.454 e. The fourth-order valence-corrected chi connectivity index (χ4v) is 2.42. The van der Waals surface area contributed by atoms with Crippen LogP contribution in [-0.2, 0) is 7.05 Å². The van der Waals surface area contributed by atoms with Gasteiger partial charge in [0, 0.05) is 36.1 Å². The molecule has 3 aromatic rings. The molecule has 3 rings (SSSR count). The Morgan fingerprint density at radius 1 is 1.00 bits per heavy atom. The number of anilines is 2. The van der Waals surface area contributed by atoms with E-state index in [9.17, 15) is 13.6 Å². The van der Waals surface area contributed by atoms with Crippen LogP contribution in [0.4, 0.5) is 20.2 Å². The Hall–Kier alpha value is -3.35. The lowest BCUT2D eigenvalue weighted by atomic mass is 10.1. The molecule has 5 nitrogen and oxygen atoms in total. The normalized spacial score (nSPS) is 10.7.